The number of carbonyl (C=O) groups excluding carboxylic acids is 2. The number of thiazole rings is 1. The van der Waals surface area contributed by atoms with Crippen LogP contribution in [0.25, 0.3) is 0 Å². The van der Waals surface area contributed by atoms with E-state index in [1.54, 1.807) is 23.5 Å². The molecule has 0 unspecified atom stereocenters. The van der Waals surface area contributed by atoms with Crippen LogP contribution in [0.5, 0.6) is 0 Å². The Morgan fingerprint density at radius 1 is 1.59 bits per heavy atom. The maximum absolute atomic E-state index is 11.5. The van der Waals surface area contributed by atoms with Crippen molar-refractivity contribution in [3.05, 3.63) is 11.6 Å². The number of aromatic nitrogens is 1. The second-order valence-electron chi connectivity index (χ2n) is 3.45. The van der Waals surface area contributed by atoms with Crippen molar-refractivity contribution in [2.75, 3.05) is 32.6 Å². The number of hydrogen-bond acceptors (Lipinski definition) is 6. The lowest BCUT2D eigenvalue weighted by Crippen LogP contribution is -2.31. The number of methoxy groups -OCH3 is 1. The Bertz CT molecular complexity index is 367. The van der Waals surface area contributed by atoms with Crippen molar-refractivity contribution in [3.63, 3.8) is 0 Å². The summed E-state index contributed by atoms with van der Waals surface area (Å²) in [5.74, 6) is -0.426. The summed E-state index contributed by atoms with van der Waals surface area (Å²) in [6, 6.07) is 0. The Hall–Kier alpha value is -1.47. The van der Waals surface area contributed by atoms with E-state index in [0.29, 0.717) is 11.7 Å². The van der Waals surface area contributed by atoms with Gasteiger partial charge in [-0.3, -0.25) is 14.5 Å². The van der Waals surface area contributed by atoms with Gasteiger partial charge in [-0.2, -0.15) is 0 Å². The first-order valence-corrected chi connectivity index (χ1v) is 5.94. The molecule has 0 radical (unpaired) electrons. The first-order chi connectivity index (χ1) is 8.11. The molecule has 0 saturated carbocycles. The Labute approximate surface area is 104 Å². The number of ether oxygens (including phenoxy) is 1. The number of anilines is 1. The summed E-state index contributed by atoms with van der Waals surface area (Å²) in [7, 11) is 3.11. The van der Waals surface area contributed by atoms with Gasteiger partial charge < -0.3 is 10.1 Å². The molecule has 0 spiro atoms. The van der Waals surface area contributed by atoms with Crippen molar-refractivity contribution in [1.29, 1.82) is 0 Å². The third kappa shape index (κ3) is 5.41. The number of hydrogen-bond donors (Lipinski definition) is 1. The average Bonchev–Trinajstić information content (AvgIpc) is 2.78. The highest BCUT2D eigenvalue weighted by Crippen LogP contribution is 2.09. The van der Waals surface area contributed by atoms with Crippen molar-refractivity contribution in [2.24, 2.45) is 0 Å². The molecular weight excluding hydrogens is 242 g/mol. The summed E-state index contributed by atoms with van der Waals surface area (Å²) in [5, 5.41) is 5.03. The number of carbonyl (C=O) groups is 2. The van der Waals surface area contributed by atoms with Gasteiger partial charge in [0.1, 0.15) is 0 Å². The Balaban J connectivity index is 2.24. The van der Waals surface area contributed by atoms with Gasteiger partial charge in [0.2, 0.25) is 5.91 Å². The van der Waals surface area contributed by atoms with Gasteiger partial charge in [0.25, 0.3) is 0 Å². The molecule has 1 aromatic rings. The fourth-order valence-electron chi connectivity index (χ4n) is 1.15. The minimum absolute atomic E-state index is 0.146. The molecule has 0 aliphatic rings. The number of rotatable bonds is 6. The zero-order chi connectivity index (χ0) is 12.7. The smallest absolute Gasteiger partial charge is 0.306 e. The molecule has 0 aliphatic heterocycles. The Morgan fingerprint density at radius 3 is 2.94 bits per heavy atom. The highest BCUT2D eigenvalue weighted by Gasteiger charge is 2.09. The normalized spacial score (nSPS) is 10.3. The predicted octanol–water partition coefficient (Wildman–Crippen LogP) is 0.576. The lowest BCUT2D eigenvalue weighted by Gasteiger charge is -2.14. The van der Waals surface area contributed by atoms with Crippen molar-refractivity contribution in [3.8, 4) is 0 Å². The van der Waals surface area contributed by atoms with E-state index in [2.05, 4.69) is 15.0 Å². The van der Waals surface area contributed by atoms with E-state index in [-0.39, 0.29) is 24.8 Å². The fourth-order valence-corrected chi connectivity index (χ4v) is 1.70. The lowest BCUT2D eigenvalue weighted by molar-refractivity contribution is -0.141. The van der Waals surface area contributed by atoms with Gasteiger partial charge in [-0.25, -0.2) is 4.98 Å². The first-order valence-electron chi connectivity index (χ1n) is 5.06. The summed E-state index contributed by atoms with van der Waals surface area (Å²) in [6.45, 7) is 0.703. The highest BCUT2D eigenvalue weighted by molar-refractivity contribution is 7.13. The molecular formula is C10H15N3O3S. The van der Waals surface area contributed by atoms with Crippen LogP contribution in [-0.4, -0.2) is 49.0 Å². The number of likely N-dealkylation sites (N-methyl/N-ethyl adjacent to an activating group) is 1. The van der Waals surface area contributed by atoms with Crippen LogP contribution in [-0.2, 0) is 14.3 Å². The van der Waals surface area contributed by atoms with E-state index in [0.717, 1.165) is 0 Å². The topological polar surface area (TPSA) is 71.5 Å². The minimum atomic E-state index is -0.280. The molecule has 17 heavy (non-hydrogen) atoms. The number of amides is 1. The Morgan fingerprint density at radius 2 is 2.35 bits per heavy atom. The molecule has 0 saturated heterocycles. The van der Waals surface area contributed by atoms with Gasteiger partial charge in [0.15, 0.2) is 5.13 Å². The van der Waals surface area contributed by atoms with E-state index in [4.69, 9.17) is 0 Å². The minimum Gasteiger partial charge on any atom is -0.469 e. The van der Waals surface area contributed by atoms with Crippen LogP contribution in [0.3, 0.4) is 0 Å². The fraction of sp³-hybridized carbons (Fsp3) is 0.500. The van der Waals surface area contributed by atoms with Gasteiger partial charge in [-0.05, 0) is 7.05 Å². The number of nitrogens with zero attached hydrogens (tertiary/aromatic N) is 2. The summed E-state index contributed by atoms with van der Waals surface area (Å²) in [5.41, 5.74) is 0. The van der Waals surface area contributed by atoms with E-state index in [9.17, 15) is 9.59 Å². The van der Waals surface area contributed by atoms with Crippen LogP contribution in [0, 0.1) is 0 Å². The van der Waals surface area contributed by atoms with E-state index in [1.807, 2.05) is 0 Å². The molecule has 1 rings (SSSR count). The average molecular weight is 257 g/mol. The van der Waals surface area contributed by atoms with Gasteiger partial charge in [-0.1, -0.05) is 0 Å². The van der Waals surface area contributed by atoms with Gasteiger partial charge in [0.05, 0.1) is 20.1 Å². The van der Waals surface area contributed by atoms with Gasteiger partial charge in [-0.15, -0.1) is 11.3 Å². The molecule has 94 valence electrons. The molecule has 6 nitrogen and oxygen atoms in total. The lowest BCUT2D eigenvalue weighted by atomic mass is 10.4. The molecule has 0 fully saturated rings. The monoisotopic (exact) mass is 257 g/mol. The molecule has 0 bridgehead atoms. The maximum Gasteiger partial charge on any atom is 0.306 e. The third-order valence-electron chi connectivity index (χ3n) is 2.02. The molecule has 0 aliphatic carbocycles. The molecule has 7 heteroatoms. The first kappa shape index (κ1) is 13.6. The van der Waals surface area contributed by atoms with E-state index in [1.165, 1.54) is 18.4 Å². The third-order valence-corrected chi connectivity index (χ3v) is 2.71. The molecule has 1 heterocycles. The molecule has 1 aromatic heterocycles. The Kier molecular flexibility index (Phi) is 5.58. The number of nitrogens with one attached hydrogen (secondary N) is 1. The van der Waals surface area contributed by atoms with Gasteiger partial charge >= 0.3 is 5.97 Å². The van der Waals surface area contributed by atoms with Crippen LogP contribution in [0.2, 0.25) is 0 Å². The molecule has 1 amide bonds. The predicted molar refractivity (Wildman–Crippen MR) is 64.9 cm³/mol. The van der Waals surface area contributed by atoms with Crippen LogP contribution >= 0.6 is 11.3 Å². The second-order valence-corrected chi connectivity index (χ2v) is 4.34. The largest absolute Gasteiger partial charge is 0.469 e. The highest BCUT2D eigenvalue weighted by atomic mass is 32.1. The molecule has 0 aromatic carbocycles. The van der Waals surface area contributed by atoms with Crippen LogP contribution in [0.1, 0.15) is 6.42 Å². The maximum atomic E-state index is 11.5. The summed E-state index contributed by atoms with van der Waals surface area (Å²) < 4.78 is 4.52. The van der Waals surface area contributed by atoms with Crippen LogP contribution in [0.4, 0.5) is 5.13 Å². The standard InChI is InChI=1S/C10H15N3O3S/c1-13(5-3-9(15)16-2)7-8(14)12-10-11-4-6-17-10/h4,6H,3,5,7H2,1-2H3,(H,11,12,14). The quantitative estimate of drug-likeness (QED) is 0.755. The van der Waals surface area contributed by atoms with Gasteiger partial charge in [0, 0.05) is 18.1 Å². The summed E-state index contributed by atoms with van der Waals surface area (Å²) >= 11 is 1.36. The molecule has 1 N–H and O–H groups in total. The van der Waals surface area contributed by atoms with Crippen LogP contribution in [0.15, 0.2) is 11.6 Å². The van der Waals surface area contributed by atoms with Crippen molar-refractivity contribution in [2.45, 2.75) is 6.42 Å². The van der Waals surface area contributed by atoms with Crippen LogP contribution < -0.4 is 5.32 Å². The van der Waals surface area contributed by atoms with E-state index < -0.39 is 0 Å². The molecule has 0 atom stereocenters. The van der Waals surface area contributed by atoms with E-state index >= 15 is 0 Å². The SMILES string of the molecule is COC(=O)CCN(C)CC(=O)Nc1nccs1. The zero-order valence-corrected chi connectivity index (χ0v) is 10.6. The zero-order valence-electron chi connectivity index (χ0n) is 9.80. The van der Waals surface area contributed by atoms with Crippen molar-refractivity contribution < 1.29 is 14.3 Å². The van der Waals surface area contributed by atoms with Crippen molar-refractivity contribution >= 4 is 28.3 Å². The summed E-state index contributed by atoms with van der Waals surface area (Å²) in [6.07, 6.45) is 1.90. The number of esters is 1. The second kappa shape index (κ2) is 6.97. The van der Waals surface area contributed by atoms with Crippen molar-refractivity contribution in [1.82, 2.24) is 9.88 Å². The summed E-state index contributed by atoms with van der Waals surface area (Å²) in [4.78, 5) is 28.1.